The summed E-state index contributed by atoms with van der Waals surface area (Å²) in [5.74, 6) is -0.568. The maximum Gasteiger partial charge on any atom is 0.183 e. The number of benzene rings is 2. The maximum atomic E-state index is 13.2. The first kappa shape index (κ1) is 24.2. The largest absolute Gasteiger partial charge is 0.310 e. The molecule has 1 fully saturated rings. The average Bonchev–Trinajstić information content (AvgIpc) is 3.07. The lowest BCUT2D eigenvalue weighted by Crippen LogP contribution is -2.47. The predicted octanol–water partition coefficient (Wildman–Crippen LogP) is 2.95. The summed E-state index contributed by atoms with van der Waals surface area (Å²) < 4.78 is 51.3. The van der Waals surface area contributed by atoms with Crippen LogP contribution in [0.1, 0.15) is 25.5 Å². The van der Waals surface area contributed by atoms with Gasteiger partial charge in [-0.2, -0.15) is 0 Å². The molecule has 1 aliphatic rings. The van der Waals surface area contributed by atoms with Gasteiger partial charge < -0.3 is 5.32 Å². The van der Waals surface area contributed by atoms with Crippen LogP contribution in [-0.2, 0) is 19.7 Å². The fourth-order valence-electron chi connectivity index (χ4n) is 4.17. The quantitative estimate of drug-likeness (QED) is 0.589. The van der Waals surface area contributed by atoms with Gasteiger partial charge in [-0.25, -0.2) is 16.8 Å². The van der Waals surface area contributed by atoms with Crippen LogP contribution in [0, 0.1) is 0 Å². The van der Waals surface area contributed by atoms with Gasteiger partial charge in [0.25, 0.3) is 0 Å². The summed E-state index contributed by atoms with van der Waals surface area (Å²) in [7, 11) is -7.30. The predicted molar refractivity (Wildman–Crippen MR) is 125 cm³/mol. The molecule has 1 aliphatic heterocycles. The minimum absolute atomic E-state index is 0.0124. The van der Waals surface area contributed by atoms with Crippen molar-refractivity contribution in [3.63, 3.8) is 0 Å². The van der Waals surface area contributed by atoms with Gasteiger partial charge in [0.05, 0.1) is 21.7 Å². The van der Waals surface area contributed by atoms with E-state index in [4.69, 9.17) is 11.6 Å². The molecule has 2 aromatic rings. The van der Waals surface area contributed by atoms with Crippen LogP contribution in [-0.4, -0.2) is 64.2 Å². The highest BCUT2D eigenvalue weighted by Crippen LogP contribution is 2.28. The van der Waals surface area contributed by atoms with E-state index < -0.39 is 31.0 Å². The lowest BCUT2D eigenvalue weighted by atomic mass is 10.0. The Bertz CT molecular complexity index is 1070. The standard InChI is InChI=1S/C22H29ClN2O4S2/c1-3-25(4-2)21(17-8-6-5-7-9-17)14-24-20-15-30(26,27)16-22(20)31(28,29)19-12-10-18(23)11-13-19/h5-13,20-22,24H,3-4,14-16H2,1-2H3/t20-,21?,22-/m0/s1. The molecule has 1 saturated heterocycles. The monoisotopic (exact) mass is 484 g/mol. The van der Waals surface area contributed by atoms with Crippen LogP contribution >= 0.6 is 11.6 Å². The van der Waals surface area contributed by atoms with Crippen LogP contribution in [0.25, 0.3) is 0 Å². The second-order valence-electron chi connectivity index (χ2n) is 7.78. The van der Waals surface area contributed by atoms with Gasteiger partial charge in [-0.05, 0) is 42.9 Å². The molecule has 1 heterocycles. The van der Waals surface area contributed by atoms with Crippen molar-refractivity contribution in [2.24, 2.45) is 0 Å². The zero-order chi connectivity index (χ0) is 22.6. The van der Waals surface area contributed by atoms with Crippen LogP contribution in [0.2, 0.25) is 5.02 Å². The number of likely N-dealkylation sites (N-methyl/N-ethyl adjacent to an activating group) is 1. The smallest absolute Gasteiger partial charge is 0.183 e. The van der Waals surface area contributed by atoms with E-state index in [9.17, 15) is 16.8 Å². The van der Waals surface area contributed by atoms with Crippen molar-refractivity contribution in [1.82, 2.24) is 10.2 Å². The molecular formula is C22H29ClN2O4S2. The molecule has 2 aromatic carbocycles. The van der Waals surface area contributed by atoms with Crippen molar-refractivity contribution in [3.8, 4) is 0 Å². The van der Waals surface area contributed by atoms with Crippen LogP contribution in [0.4, 0.5) is 0 Å². The molecule has 0 amide bonds. The van der Waals surface area contributed by atoms with Crippen LogP contribution in [0.15, 0.2) is 59.5 Å². The van der Waals surface area contributed by atoms with Crippen molar-refractivity contribution in [3.05, 3.63) is 65.2 Å². The molecule has 0 aromatic heterocycles. The van der Waals surface area contributed by atoms with Gasteiger partial charge in [0.15, 0.2) is 19.7 Å². The molecule has 1 N–H and O–H groups in total. The maximum absolute atomic E-state index is 13.2. The first-order chi connectivity index (χ1) is 14.7. The normalized spacial score (nSPS) is 21.9. The van der Waals surface area contributed by atoms with Crippen molar-refractivity contribution < 1.29 is 16.8 Å². The van der Waals surface area contributed by atoms with E-state index in [2.05, 4.69) is 24.1 Å². The Labute approximate surface area is 190 Å². The second kappa shape index (κ2) is 10.0. The first-order valence-electron chi connectivity index (χ1n) is 10.4. The molecule has 3 atom stereocenters. The van der Waals surface area contributed by atoms with Gasteiger partial charge in [-0.15, -0.1) is 0 Å². The van der Waals surface area contributed by atoms with Crippen LogP contribution in [0.5, 0.6) is 0 Å². The van der Waals surface area contributed by atoms with Crippen molar-refractivity contribution in [2.75, 3.05) is 31.1 Å². The summed E-state index contributed by atoms with van der Waals surface area (Å²) in [4.78, 5) is 2.36. The van der Waals surface area contributed by atoms with E-state index in [1.807, 2.05) is 30.3 Å². The molecule has 9 heteroatoms. The number of sulfone groups is 2. The van der Waals surface area contributed by atoms with Crippen molar-refractivity contribution in [1.29, 1.82) is 0 Å². The molecule has 31 heavy (non-hydrogen) atoms. The van der Waals surface area contributed by atoms with E-state index in [0.29, 0.717) is 11.6 Å². The SMILES string of the molecule is CCN(CC)C(CN[C@H]1CS(=O)(=O)C[C@@H]1S(=O)(=O)c1ccc(Cl)cc1)c1ccccc1. The fraction of sp³-hybridized carbons (Fsp3) is 0.455. The zero-order valence-electron chi connectivity index (χ0n) is 17.7. The highest BCUT2D eigenvalue weighted by atomic mass is 35.5. The van der Waals surface area contributed by atoms with Gasteiger partial charge in [-0.1, -0.05) is 55.8 Å². The van der Waals surface area contributed by atoms with E-state index in [0.717, 1.165) is 18.7 Å². The number of rotatable bonds is 9. The van der Waals surface area contributed by atoms with Crippen LogP contribution in [0.3, 0.4) is 0 Å². The summed E-state index contributed by atoms with van der Waals surface area (Å²) >= 11 is 5.89. The van der Waals surface area contributed by atoms with Gasteiger partial charge >= 0.3 is 0 Å². The molecule has 0 saturated carbocycles. The molecule has 0 aliphatic carbocycles. The van der Waals surface area contributed by atoms with Gasteiger partial charge in [0.1, 0.15) is 0 Å². The van der Waals surface area contributed by atoms with Gasteiger partial charge in [0, 0.05) is 23.7 Å². The topological polar surface area (TPSA) is 83.6 Å². The Morgan fingerprint density at radius 3 is 2.23 bits per heavy atom. The lowest BCUT2D eigenvalue weighted by Gasteiger charge is -2.32. The minimum atomic E-state index is -3.83. The summed E-state index contributed by atoms with van der Waals surface area (Å²) in [6.07, 6.45) is 0. The Balaban J connectivity index is 1.86. The molecule has 3 rings (SSSR count). The third kappa shape index (κ3) is 5.68. The second-order valence-corrected chi connectivity index (χ2v) is 12.5. The fourth-order valence-corrected chi connectivity index (χ4v) is 9.01. The molecule has 0 bridgehead atoms. The molecule has 0 spiro atoms. The Hall–Kier alpha value is -1.45. The summed E-state index contributed by atoms with van der Waals surface area (Å²) in [6, 6.07) is 15.2. The molecule has 0 radical (unpaired) electrons. The zero-order valence-corrected chi connectivity index (χ0v) is 20.1. The molecule has 170 valence electrons. The molecule has 1 unspecified atom stereocenters. The van der Waals surface area contributed by atoms with Gasteiger partial charge in [-0.3, -0.25) is 4.90 Å². The Morgan fingerprint density at radius 1 is 1.03 bits per heavy atom. The number of nitrogens with one attached hydrogen (secondary N) is 1. The van der Waals surface area contributed by atoms with E-state index >= 15 is 0 Å². The summed E-state index contributed by atoms with van der Waals surface area (Å²) in [5, 5.41) is 2.69. The lowest BCUT2D eigenvalue weighted by molar-refractivity contribution is 0.209. The molecule has 6 nitrogen and oxygen atoms in total. The van der Waals surface area contributed by atoms with E-state index in [1.165, 1.54) is 24.3 Å². The van der Waals surface area contributed by atoms with E-state index in [1.54, 1.807) is 0 Å². The third-order valence-corrected chi connectivity index (χ3v) is 10.3. The number of halogens is 1. The molecular weight excluding hydrogens is 456 g/mol. The summed E-state index contributed by atoms with van der Waals surface area (Å²) in [6.45, 7) is 6.26. The highest BCUT2D eigenvalue weighted by Gasteiger charge is 2.45. The first-order valence-corrected chi connectivity index (χ1v) is 14.1. The average molecular weight is 485 g/mol. The number of hydrogen-bond donors (Lipinski definition) is 1. The third-order valence-electron chi connectivity index (χ3n) is 5.85. The van der Waals surface area contributed by atoms with E-state index in [-0.39, 0.29) is 22.4 Å². The Kier molecular flexibility index (Phi) is 7.81. The number of nitrogens with zero attached hydrogens (tertiary/aromatic N) is 1. The minimum Gasteiger partial charge on any atom is -0.310 e. The van der Waals surface area contributed by atoms with Crippen molar-refractivity contribution in [2.45, 2.75) is 36.1 Å². The summed E-state index contributed by atoms with van der Waals surface area (Å²) in [5.41, 5.74) is 1.11. The van der Waals surface area contributed by atoms with Gasteiger partial charge in [0.2, 0.25) is 0 Å². The number of hydrogen-bond acceptors (Lipinski definition) is 6. The highest BCUT2D eigenvalue weighted by molar-refractivity contribution is 7.96. The van der Waals surface area contributed by atoms with Crippen molar-refractivity contribution >= 4 is 31.3 Å². The Morgan fingerprint density at radius 2 is 1.65 bits per heavy atom. The van der Waals surface area contributed by atoms with Crippen LogP contribution < -0.4 is 5.32 Å².